The van der Waals surface area contributed by atoms with Crippen LogP contribution in [0.25, 0.3) is 0 Å². The van der Waals surface area contributed by atoms with Gasteiger partial charge in [-0.1, -0.05) is 24.3 Å². The molecule has 0 saturated heterocycles. The van der Waals surface area contributed by atoms with Crippen LogP contribution in [0.4, 0.5) is 13.2 Å². The van der Waals surface area contributed by atoms with Crippen molar-refractivity contribution >= 4 is 15.8 Å². The van der Waals surface area contributed by atoms with Crippen LogP contribution in [0.3, 0.4) is 0 Å². The number of sulfone groups is 1. The normalized spacial score (nSPS) is 21.8. The summed E-state index contributed by atoms with van der Waals surface area (Å²) in [7, 11) is -2.78. The maximum Gasteiger partial charge on any atom is 0.491 e. The second-order valence-corrected chi connectivity index (χ2v) is 8.18. The largest absolute Gasteiger partial charge is 0.491 e. The molecule has 156 valence electrons. The average molecular weight is 431 g/mol. The van der Waals surface area contributed by atoms with Gasteiger partial charge in [-0.25, -0.2) is 18.5 Å². The van der Waals surface area contributed by atoms with E-state index >= 15 is 0 Å². The van der Waals surface area contributed by atoms with Crippen LogP contribution in [0.5, 0.6) is 5.75 Å². The van der Waals surface area contributed by atoms with Crippen molar-refractivity contribution in [2.45, 2.75) is 34.4 Å². The van der Waals surface area contributed by atoms with Gasteiger partial charge in [-0.3, -0.25) is 0 Å². The second kappa shape index (κ2) is 7.32. The van der Waals surface area contributed by atoms with Crippen molar-refractivity contribution in [2.75, 3.05) is 7.05 Å². The molecule has 0 aliphatic carbocycles. The van der Waals surface area contributed by atoms with E-state index in [0.717, 1.165) is 6.07 Å². The lowest BCUT2D eigenvalue weighted by molar-refractivity contribution is -0.257. The third kappa shape index (κ3) is 4.07. The molecule has 29 heavy (non-hydrogen) atoms. The van der Waals surface area contributed by atoms with Crippen LogP contribution in [0.1, 0.15) is 18.1 Å². The predicted molar refractivity (Wildman–Crippen MR) is 92.5 cm³/mol. The van der Waals surface area contributed by atoms with Crippen molar-refractivity contribution in [1.82, 2.24) is 5.32 Å². The number of carbonyl (C=O) groups excluding carboxylic acids is 1. The Morgan fingerprint density at radius 2 is 1.86 bits per heavy atom. The van der Waals surface area contributed by atoms with Crippen LogP contribution < -0.4 is 10.1 Å². The molecule has 2 N–H and O–H groups in total. The molecular formula is C18H16F3NO6S. The lowest BCUT2D eigenvalue weighted by atomic mass is 10.0. The Labute approximate surface area is 164 Å². The van der Waals surface area contributed by atoms with Crippen molar-refractivity contribution in [3.8, 4) is 5.75 Å². The molecule has 0 spiro atoms. The van der Waals surface area contributed by atoms with Crippen molar-refractivity contribution in [2.24, 2.45) is 0 Å². The minimum atomic E-state index is -5.28. The van der Waals surface area contributed by atoms with Crippen LogP contribution in [0, 0.1) is 0 Å². The van der Waals surface area contributed by atoms with Gasteiger partial charge in [-0.2, -0.15) is 13.2 Å². The summed E-state index contributed by atoms with van der Waals surface area (Å²) < 4.78 is 73.2. The van der Waals surface area contributed by atoms with Gasteiger partial charge in [0.25, 0.3) is 0 Å². The number of hydrogen-bond donors (Lipinski definition) is 2. The fourth-order valence-electron chi connectivity index (χ4n) is 2.84. The first-order valence-electron chi connectivity index (χ1n) is 8.29. The molecule has 1 heterocycles. The molecule has 0 aromatic heterocycles. The first-order valence-corrected chi connectivity index (χ1v) is 9.77. The van der Waals surface area contributed by atoms with Gasteiger partial charge in [-0.15, -0.1) is 0 Å². The zero-order valence-electron chi connectivity index (χ0n) is 14.9. The topological polar surface area (TPSA) is 102 Å². The highest BCUT2D eigenvalue weighted by atomic mass is 32.2. The molecule has 0 fully saturated rings. The molecular weight excluding hydrogens is 415 g/mol. The lowest BCUT2D eigenvalue weighted by Gasteiger charge is -2.39. The van der Waals surface area contributed by atoms with Gasteiger partial charge in [0.05, 0.1) is 22.3 Å². The summed E-state index contributed by atoms with van der Waals surface area (Å²) in [4.78, 5) is 11.1. The van der Waals surface area contributed by atoms with Crippen molar-refractivity contribution in [1.29, 1.82) is 0 Å². The summed E-state index contributed by atoms with van der Waals surface area (Å²) >= 11 is 0. The smallest absolute Gasteiger partial charge is 0.439 e. The molecule has 0 amide bonds. The van der Waals surface area contributed by atoms with E-state index in [-0.39, 0.29) is 21.1 Å². The fourth-order valence-corrected chi connectivity index (χ4v) is 4.14. The number of alkyl halides is 3. The maximum absolute atomic E-state index is 12.8. The monoisotopic (exact) mass is 431 g/mol. The quantitative estimate of drug-likeness (QED) is 0.566. The molecule has 2 atom stereocenters. The number of aliphatic hydroxyl groups excluding tert-OH is 1. The standard InChI is InChI=1S/C18H16F3NO6S/c1-22-17(28-16(24)18(19,20)21)10-14(23)13-8-7-12(9-15(13)27-17)29(25,26)11-5-3-2-4-6-11/h2-9,14,22-23H,10H2,1H3. The van der Waals surface area contributed by atoms with Crippen molar-refractivity contribution < 1.29 is 41.0 Å². The van der Waals surface area contributed by atoms with Crippen LogP contribution in [-0.2, 0) is 19.4 Å². The van der Waals surface area contributed by atoms with Gasteiger partial charge in [0.1, 0.15) is 5.75 Å². The van der Waals surface area contributed by atoms with Gasteiger partial charge in [0.15, 0.2) is 0 Å². The average Bonchev–Trinajstić information content (AvgIpc) is 2.67. The molecule has 2 aromatic rings. The zero-order valence-corrected chi connectivity index (χ0v) is 15.8. The lowest BCUT2D eigenvalue weighted by Crippen LogP contribution is -2.56. The van der Waals surface area contributed by atoms with Gasteiger partial charge in [0.2, 0.25) is 9.84 Å². The van der Waals surface area contributed by atoms with E-state index in [2.05, 4.69) is 10.1 Å². The highest BCUT2D eigenvalue weighted by molar-refractivity contribution is 7.91. The molecule has 1 aliphatic rings. The zero-order chi connectivity index (χ0) is 21.4. The number of ether oxygens (including phenoxy) is 2. The number of benzene rings is 2. The molecule has 0 radical (unpaired) electrons. The van der Waals surface area contributed by atoms with Crippen LogP contribution in [0.2, 0.25) is 0 Å². The number of nitrogens with one attached hydrogen (secondary N) is 1. The van der Waals surface area contributed by atoms with Crippen molar-refractivity contribution in [3.05, 3.63) is 54.1 Å². The van der Waals surface area contributed by atoms with Crippen LogP contribution in [0.15, 0.2) is 58.3 Å². The number of halogens is 3. The third-order valence-electron chi connectivity index (χ3n) is 4.31. The molecule has 1 aliphatic heterocycles. The van der Waals surface area contributed by atoms with E-state index in [1.54, 1.807) is 6.07 Å². The molecule has 0 saturated carbocycles. The van der Waals surface area contributed by atoms with Gasteiger partial charge in [0, 0.05) is 5.56 Å². The third-order valence-corrected chi connectivity index (χ3v) is 6.08. The molecule has 2 unspecified atom stereocenters. The molecule has 11 heteroatoms. The minimum absolute atomic E-state index is 0.000290. The van der Waals surface area contributed by atoms with E-state index in [1.165, 1.54) is 43.4 Å². The highest BCUT2D eigenvalue weighted by Gasteiger charge is 2.50. The summed E-state index contributed by atoms with van der Waals surface area (Å²) in [5.74, 6) is -5.07. The number of fused-ring (bicyclic) bond motifs is 1. The van der Waals surface area contributed by atoms with Crippen LogP contribution >= 0.6 is 0 Å². The summed E-state index contributed by atoms with van der Waals surface area (Å²) in [6.07, 6.45) is -7.19. The number of hydrogen-bond acceptors (Lipinski definition) is 7. The Morgan fingerprint density at radius 3 is 2.45 bits per heavy atom. The highest BCUT2D eigenvalue weighted by Crippen LogP contribution is 2.41. The molecule has 7 nitrogen and oxygen atoms in total. The van der Waals surface area contributed by atoms with E-state index in [0.29, 0.717) is 0 Å². The van der Waals surface area contributed by atoms with E-state index in [1.807, 2.05) is 0 Å². The van der Waals surface area contributed by atoms with Gasteiger partial charge < -0.3 is 14.6 Å². The Kier molecular flexibility index (Phi) is 5.32. The molecule has 0 bridgehead atoms. The fraction of sp³-hybridized carbons (Fsp3) is 0.278. The number of rotatable bonds is 4. The first-order chi connectivity index (χ1) is 13.5. The maximum atomic E-state index is 12.8. The summed E-state index contributed by atoms with van der Waals surface area (Å²) in [5.41, 5.74) is 0.144. The van der Waals surface area contributed by atoms with Crippen LogP contribution in [-0.4, -0.2) is 38.6 Å². The molecule has 3 rings (SSSR count). The van der Waals surface area contributed by atoms with Gasteiger partial charge >= 0.3 is 18.1 Å². The number of esters is 1. The van der Waals surface area contributed by atoms with E-state index in [9.17, 15) is 31.5 Å². The summed E-state index contributed by atoms with van der Waals surface area (Å²) in [5, 5.41) is 12.6. The van der Waals surface area contributed by atoms with Crippen molar-refractivity contribution in [3.63, 3.8) is 0 Å². The summed E-state index contributed by atoms with van der Waals surface area (Å²) in [6, 6.07) is 11.1. The summed E-state index contributed by atoms with van der Waals surface area (Å²) in [6.45, 7) is 0. The minimum Gasteiger partial charge on any atom is -0.439 e. The van der Waals surface area contributed by atoms with Gasteiger partial charge in [-0.05, 0) is 31.3 Å². The first kappa shape index (κ1) is 21.1. The van der Waals surface area contributed by atoms with E-state index < -0.39 is 40.4 Å². The SMILES string of the molecule is CNC1(OC(=O)C(F)(F)F)CC(O)c2ccc(S(=O)(=O)c3ccccc3)cc2O1. The second-order valence-electron chi connectivity index (χ2n) is 6.23. The Morgan fingerprint density at radius 1 is 1.21 bits per heavy atom. The molecule has 2 aromatic carbocycles. The number of aliphatic hydroxyl groups is 1. The Bertz CT molecular complexity index is 1030. The Balaban J connectivity index is 2.00. The number of carbonyl (C=O) groups is 1. The Hall–Kier alpha value is -2.63. The predicted octanol–water partition coefficient (Wildman–Crippen LogP) is 2.31. The van der Waals surface area contributed by atoms with E-state index in [4.69, 9.17) is 4.74 Å².